The highest BCUT2D eigenvalue weighted by molar-refractivity contribution is 7.18. The quantitative estimate of drug-likeness (QED) is 0.611. The molecule has 2 aromatic carbocycles. The summed E-state index contributed by atoms with van der Waals surface area (Å²) in [6, 6.07) is 16.3. The molecule has 2 N–H and O–H groups in total. The van der Waals surface area contributed by atoms with Gasteiger partial charge in [0.25, 0.3) is 5.91 Å². The molecule has 0 saturated carbocycles. The molecule has 3 aromatic rings. The third-order valence-electron chi connectivity index (χ3n) is 4.77. The number of hydrogen-bond acceptors (Lipinski definition) is 5. The maximum Gasteiger partial charge on any atom is 0.251 e. The number of aryl methyl sites for hydroxylation is 1. The van der Waals surface area contributed by atoms with Crippen LogP contribution in [-0.4, -0.2) is 28.1 Å². The van der Waals surface area contributed by atoms with Gasteiger partial charge in [-0.2, -0.15) is 0 Å². The molecule has 1 heterocycles. The molecule has 0 spiro atoms. The highest BCUT2D eigenvalue weighted by atomic mass is 32.1. The first-order valence-electron chi connectivity index (χ1n) is 9.55. The van der Waals surface area contributed by atoms with Gasteiger partial charge in [0.15, 0.2) is 0 Å². The van der Waals surface area contributed by atoms with E-state index in [-0.39, 0.29) is 17.7 Å². The molecule has 0 bridgehead atoms. The first kappa shape index (κ1) is 20.7. The number of aromatic nitrogens is 2. The summed E-state index contributed by atoms with van der Waals surface area (Å²) < 4.78 is 0. The molecule has 2 atom stereocenters. The smallest absolute Gasteiger partial charge is 0.251 e. The van der Waals surface area contributed by atoms with E-state index in [0.29, 0.717) is 10.7 Å². The van der Waals surface area contributed by atoms with Crippen molar-refractivity contribution in [2.75, 3.05) is 5.32 Å². The third kappa shape index (κ3) is 5.26. The second-order valence-corrected chi connectivity index (χ2v) is 7.95. The molecular weight excluding hydrogens is 384 g/mol. The summed E-state index contributed by atoms with van der Waals surface area (Å²) in [5.41, 5.74) is 2.54. The van der Waals surface area contributed by atoms with Crippen LogP contribution in [0.5, 0.6) is 0 Å². The zero-order valence-electron chi connectivity index (χ0n) is 16.7. The van der Waals surface area contributed by atoms with Gasteiger partial charge in [0.05, 0.1) is 0 Å². The highest BCUT2D eigenvalue weighted by Crippen LogP contribution is 2.26. The van der Waals surface area contributed by atoms with Gasteiger partial charge in [0.2, 0.25) is 11.0 Å². The average molecular weight is 409 g/mol. The fourth-order valence-corrected chi connectivity index (χ4v) is 3.54. The second kappa shape index (κ2) is 9.43. The van der Waals surface area contributed by atoms with Gasteiger partial charge in [-0.1, -0.05) is 79.6 Å². The number of carbonyl (C=O) groups excluding carboxylic acids is 2. The number of nitrogens with one attached hydrogen (secondary N) is 2. The molecular formula is C22H24N4O2S. The van der Waals surface area contributed by atoms with Crippen LogP contribution in [-0.2, 0) is 4.79 Å². The summed E-state index contributed by atoms with van der Waals surface area (Å²) >= 11 is 1.30. The van der Waals surface area contributed by atoms with Gasteiger partial charge < -0.3 is 5.32 Å². The molecule has 7 heteroatoms. The van der Waals surface area contributed by atoms with Crippen molar-refractivity contribution < 1.29 is 9.59 Å². The lowest BCUT2D eigenvalue weighted by atomic mass is 9.98. The number of hydrogen-bond donors (Lipinski definition) is 2. The molecule has 1 aromatic heterocycles. The van der Waals surface area contributed by atoms with Crippen molar-refractivity contribution in [2.24, 2.45) is 5.92 Å². The fourth-order valence-electron chi connectivity index (χ4n) is 2.79. The molecule has 0 aliphatic rings. The van der Waals surface area contributed by atoms with Gasteiger partial charge in [0.1, 0.15) is 11.0 Å². The lowest BCUT2D eigenvalue weighted by Gasteiger charge is -2.23. The molecule has 3 rings (SSSR count). The van der Waals surface area contributed by atoms with Gasteiger partial charge in [-0.25, -0.2) is 0 Å². The largest absolute Gasteiger partial charge is 0.340 e. The Morgan fingerprint density at radius 3 is 2.38 bits per heavy atom. The number of nitrogens with zero attached hydrogens (tertiary/aromatic N) is 2. The molecule has 0 unspecified atom stereocenters. The minimum Gasteiger partial charge on any atom is -0.340 e. The van der Waals surface area contributed by atoms with E-state index in [4.69, 9.17) is 0 Å². The lowest BCUT2D eigenvalue weighted by Crippen LogP contribution is -2.47. The summed E-state index contributed by atoms with van der Waals surface area (Å²) in [5, 5.41) is 15.0. The number of anilines is 1. The van der Waals surface area contributed by atoms with E-state index in [1.54, 1.807) is 12.1 Å². The zero-order chi connectivity index (χ0) is 20.8. The van der Waals surface area contributed by atoms with Crippen molar-refractivity contribution >= 4 is 28.3 Å². The van der Waals surface area contributed by atoms with Crippen molar-refractivity contribution in [1.82, 2.24) is 15.5 Å². The van der Waals surface area contributed by atoms with Crippen LogP contribution in [0.4, 0.5) is 5.13 Å². The average Bonchev–Trinajstić information content (AvgIpc) is 3.20. The van der Waals surface area contributed by atoms with Crippen molar-refractivity contribution in [3.63, 3.8) is 0 Å². The topological polar surface area (TPSA) is 84.0 Å². The van der Waals surface area contributed by atoms with Gasteiger partial charge in [0, 0.05) is 11.1 Å². The molecule has 0 radical (unpaired) electrons. The van der Waals surface area contributed by atoms with E-state index in [9.17, 15) is 9.59 Å². The Bertz CT molecular complexity index is 970. The van der Waals surface area contributed by atoms with Gasteiger partial charge in [-0.3, -0.25) is 14.9 Å². The maximum atomic E-state index is 12.9. The normalized spacial score (nSPS) is 12.8. The van der Waals surface area contributed by atoms with Crippen LogP contribution >= 0.6 is 11.3 Å². The Kier molecular flexibility index (Phi) is 6.72. The molecule has 0 saturated heterocycles. The van der Waals surface area contributed by atoms with E-state index in [0.717, 1.165) is 22.6 Å². The van der Waals surface area contributed by atoms with Gasteiger partial charge in [-0.05, 0) is 25.0 Å². The fraction of sp³-hybridized carbons (Fsp3) is 0.273. The van der Waals surface area contributed by atoms with Crippen LogP contribution in [0.2, 0.25) is 0 Å². The minimum atomic E-state index is -0.669. The molecule has 2 amide bonds. The summed E-state index contributed by atoms with van der Waals surface area (Å²) in [6.45, 7) is 5.89. The van der Waals surface area contributed by atoms with Crippen LogP contribution in [0.15, 0.2) is 54.6 Å². The molecule has 29 heavy (non-hydrogen) atoms. The standard InChI is InChI=1S/C22H24N4O2S/c1-4-15(3)18(23-19(27)16-12-10-14(2)11-13-16)20(28)24-22-26-25-21(29-22)17-8-6-5-7-9-17/h5-13,15,18H,4H2,1-3H3,(H,23,27)(H,24,26,28)/t15-,18-/m1/s1. The first-order valence-corrected chi connectivity index (χ1v) is 10.4. The number of carbonyl (C=O) groups is 2. The van der Waals surface area contributed by atoms with Gasteiger partial charge >= 0.3 is 0 Å². The third-order valence-corrected chi connectivity index (χ3v) is 5.66. The van der Waals surface area contributed by atoms with E-state index in [1.165, 1.54) is 11.3 Å². The monoisotopic (exact) mass is 408 g/mol. The van der Waals surface area contributed by atoms with Crippen LogP contribution in [0.25, 0.3) is 10.6 Å². The molecule has 0 fully saturated rings. The predicted octanol–water partition coefficient (Wildman–Crippen LogP) is 4.30. The highest BCUT2D eigenvalue weighted by Gasteiger charge is 2.27. The van der Waals surface area contributed by atoms with Crippen LogP contribution in [0.3, 0.4) is 0 Å². The Balaban J connectivity index is 1.72. The Hall–Kier alpha value is -3.06. The van der Waals surface area contributed by atoms with Crippen LogP contribution in [0, 0.1) is 12.8 Å². The summed E-state index contributed by atoms with van der Waals surface area (Å²) in [4.78, 5) is 25.5. The molecule has 6 nitrogen and oxygen atoms in total. The number of rotatable bonds is 7. The Morgan fingerprint density at radius 1 is 1.03 bits per heavy atom. The number of amides is 2. The Labute approximate surface area is 174 Å². The van der Waals surface area contributed by atoms with E-state index >= 15 is 0 Å². The minimum absolute atomic E-state index is 0.0362. The van der Waals surface area contributed by atoms with E-state index in [1.807, 2.05) is 63.2 Å². The van der Waals surface area contributed by atoms with Crippen molar-refractivity contribution in [3.05, 3.63) is 65.7 Å². The van der Waals surface area contributed by atoms with Crippen LogP contribution < -0.4 is 10.6 Å². The second-order valence-electron chi connectivity index (χ2n) is 6.97. The SMILES string of the molecule is CC[C@@H](C)[C@@H](NC(=O)c1ccc(C)cc1)C(=O)Nc1nnc(-c2ccccc2)s1. The predicted molar refractivity (Wildman–Crippen MR) is 116 cm³/mol. The molecule has 0 aliphatic carbocycles. The lowest BCUT2D eigenvalue weighted by molar-refractivity contribution is -0.119. The first-order chi connectivity index (χ1) is 14.0. The van der Waals surface area contributed by atoms with E-state index < -0.39 is 6.04 Å². The maximum absolute atomic E-state index is 12.9. The Morgan fingerprint density at radius 2 is 1.72 bits per heavy atom. The van der Waals surface area contributed by atoms with Crippen molar-refractivity contribution in [3.8, 4) is 10.6 Å². The van der Waals surface area contributed by atoms with Crippen molar-refractivity contribution in [2.45, 2.75) is 33.2 Å². The molecule has 150 valence electrons. The van der Waals surface area contributed by atoms with E-state index in [2.05, 4.69) is 20.8 Å². The van der Waals surface area contributed by atoms with Crippen LogP contribution in [0.1, 0.15) is 36.2 Å². The molecule has 0 aliphatic heterocycles. The zero-order valence-corrected chi connectivity index (χ0v) is 17.5. The van der Waals surface area contributed by atoms with Crippen molar-refractivity contribution in [1.29, 1.82) is 0 Å². The van der Waals surface area contributed by atoms with Gasteiger partial charge in [-0.15, -0.1) is 10.2 Å². The summed E-state index contributed by atoms with van der Waals surface area (Å²) in [5.74, 6) is -0.603. The number of benzene rings is 2. The summed E-state index contributed by atoms with van der Waals surface area (Å²) in [6.07, 6.45) is 0.748. The summed E-state index contributed by atoms with van der Waals surface area (Å²) in [7, 11) is 0.